The summed E-state index contributed by atoms with van der Waals surface area (Å²) >= 11 is 0. The van der Waals surface area contributed by atoms with Crippen LogP contribution in [0.25, 0.3) is 0 Å². The van der Waals surface area contributed by atoms with E-state index in [9.17, 15) is 90.4 Å². The maximum atomic E-state index is 12.9. The number of aliphatic hydroxyl groups is 1. The highest BCUT2D eigenvalue weighted by molar-refractivity contribution is 7.86. The lowest BCUT2D eigenvalue weighted by Gasteiger charge is -2.30. The molecule has 1 saturated heterocycles. The fourth-order valence-corrected chi connectivity index (χ4v) is 14.1. The van der Waals surface area contributed by atoms with E-state index in [2.05, 4.69) is 14.8 Å². The fourth-order valence-electron chi connectivity index (χ4n) is 10.6. The van der Waals surface area contributed by atoms with Crippen molar-refractivity contribution < 1.29 is 108 Å². The molecular formula is C50H73N6O24P2S4+. The molecule has 1 aromatic heterocycles. The molecule has 3 aromatic rings. The number of hydrogen-bond acceptors (Lipinski definition) is 20. The summed E-state index contributed by atoms with van der Waals surface area (Å²) < 4.78 is 183. The van der Waals surface area contributed by atoms with Gasteiger partial charge in [0.1, 0.15) is 30.7 Å². The van der Waals surface area contributed by atoms with Gasteiger partial charge in [-0.3, -0.25) is 41.1 Å². The zero-order valence-corrected chi connectivity index (χ0v) is 52.2. The minimum Gasteiger partial charge on any atom is -0.386 e. The molecule has 0 spiro atoms. The number of hydrogen-bond donors (Lipinski definition) is 10. The van der Waals surface area contributed by atoms with Gasteiger partial charge in [-0.15, -0.1) is 0 Å². The lowest BCUT2D eigenvalue weighted by molar-refractivity contribution is -0.437. The van der Waals surface area contributed by atoms with Gasteiger partial charge in [0, 0.05) is 66.6 Å². The molecule has 3 aliphatic heterocycles. The van der Waals surface area contributed by atoms with Crippen LogP contribution in [-0.2, 0) is 83.5 Å². The summed E-state index contributed by atoms with van der Waals surface area (Å²) in [5, 5.41) is 13.8. The molecule has 30 nitrogen and oxygen atoms in total. The molecule has 2 unspecified atom stereocenters. The molecule has 1 fully saturated rings. The summed E-state index contributed by atoms with van der Waals surface area (Å²) in [6.07, 6.45) is 3.51. The van der Waals surface area contributed by atoms with E-state index in [0.717, 1.165) is 10.8 Å². The van der Waals surface area contributed by atoms with Gasteiger partial charge < -0.3 is 40.5 Å². The molecule has 6 atom stereocenters. The van der Waals surface area contributed by atoms with Crippen LogP contribution in [0.2, 0.25) is 0 Å². The molecule has 36 heteroatoms. The van der Waals surface area contributed by atoms with E-state index in [4.69, 9.17) is 19.5 Å². The van der Waals surface area contributed by atoms with Gasteiger partial charge in [0.25, 0.3) is 40.5 Å². The van der Waals surface area contributed by atoms with Gasteiger partial charge in [-0.1, -0.05) is 31.8 Å². The van der Waals surface area contributed by atoms with E-state index in [-0.39, 0.29) is 68.3 Å². The fraction of sp³-hybridized carbons (Fsp3) is 0.560. The molecule has 1 amide bonds. The van der Waals surface area contributed by atoms with Crippen molar-refractivity contribution in [3.05, 3.63) is 94.2 Å². The topological polar surface area (TPSA) is 466 Å². The number of fused-ring (bicyclic) bond motifs is 2. The quantitative estimate of drug-likeness (QED) is 0.0178. The Morgan fingerprint density at radius 2 is 1.44 bits per heavy atom. The van der Waals surface area contributed by atoms with E-state index >= 15 is 0 Å². The first-order valence-electron chi connectivity index (χ1n) is 27.1. The standard InChI is InChI=1S/C50H72N6O24P2S4/c1-49(2)36-31-34(85(71,72)73)18-20-38(36)54(26-14-30-84(68,69)70)41(49)15-13-16-42-50(3,23-8-12-29-83(65,66)67)37-32-35(86(74,75)76)19-21-39(37)55(42)25-10-6-7-17-44(57)52-24-9-4-5-11-28-77-82(63,64)80-46-40(33-78-81(60,61)62)79-47(45(46)58)56-27-22-43(51)53-48(56)59/h13,15-16,18-22,27,31-32,40,45-47,58H,4-12,14,17,23-26,28-30,33H2,1-3H3,(H9-,51,52,53,57,59,60,61,62,63,64,65,66,67,68,69,70,71,72,73,74,75,76)/p+1/t40-,45-,46-,47-,50?/m1/s1. The number of phosphoric acid groups is 2. The number of carbonyl (C=O) groups is 1. The molecule has 3 aliphatic rings. The SMILES string of the molecule is CC1(C)C(C=CC=C2N(CCCCCC(=O)NCCCCCCOP(=O)(O)O[C@H]3[C@@H](O)[C@H](n4ccc(N)nc4=O)O[C@@H]3COP(=O)(O)O)c3ccc(S(=O)(=O)O)cc3C2(C)CCCCS(=O)(=O)O)=[N+](CCCS(=O)(=O)O)c2ccc(S(=O)(=O)O)cc21. The molecule has 0 bridgehead atoms. The van der Waals surface area contributed by atoms with Gasteiger partial charge in [0.2, 0.25) is 11.6 Å². The van der Waals surface area contributed by atoms with Crippen molar-refractivity contribution in [3.8, 4) is 0 Å². The van der Waals surface area contributed by atoms with Crippen molar-refractivity contribution >= 4 is 84.9 Å². The van der Waals surface area contributed by atoms with Gasteiger partial charge in [-0.05, 0) is 107 Å². The Labute approximate surface area is 498 Å². The number of carbonyl (C=O) groups excluding carboxylic acids is 1. The summed E-state index contributed by atoms with van der Waals surface area (Å²) in [5.74, 6) is -1.50. The number of allylic oxidation sites excluding steroid dienone is 4. The second-order valence-electron chi connectivity index (χ2n) is 21.6. The second-order valence-corrected chi connectivity index (χ2v) is 30.2. The number of nitrogens with zero attached hydrogens (tertiary/aromatic N) is 4. The molecule has 480 valence electrons. The smallest absolute Gasteiger partial charge is 0.386 e. The predicted octanol–water partition coefficient (Wildman–Crippen LogP) is 4.06. The number of anilines is 2. The van der Waals surface area contributed by atoms with Gasteiger partial charge in [-0.25, -0.2) is 13.9 Å². The summed E-state index contributed by atoms with van der Waals surface area (Å²) in [6, 6.07) is 9.36. The number of aromatic nitrogens is 2. The van der Waals surface area contributed by atoms with Crippen molar-refractivity contribution in [2.45, 2.75) is 143 Å². The first-order chi connectivity index (χ1) is 39.8. The van der Waals surface area contributed by atoms with Crippen molar-refractivity contribution in [1.29, 1.82) is 0 Å². The first-order valence-corrected chi connectivity index (χ1v) is 36.2. The number of nitrogens with two attached hydrogens (primary N) is 1. The van der Waals surface area contributed by atoms with E-state index in [1.54, 1.807) is 42.7 Å². The Hall–Kier alpha value is -4.68. The van der Waals surface area contributed by atoms with Crippen LogP contribution in [0.3, 0.4) is 0 Å². The van der Waals surface area contributed by atoms with Crippen molar-refractivity contribution in [2.24, 2.45) is 0 Å². The maximum absolute atomic E-state index is 12.9. The van der Waals surface area contributed by atoms with Gasteiger partial charge in [-0.2, -0.15) is 43.2 Å². The summed E-state index contributed by atoms with van der Waals surface area (Å²) in [7, 11) is -28.1. The van der Waals surface area contributed by atoms with Gasteiger partial charge >= 0.3 is 21.3 Å². The van der Waals surface area contributed by atoms with Gasteiger partial charge in [0.05, 0.1) is 39.9 Å². The predicted molar refractivity (Wildman–Crippen MR) is 310 cm³/mol. The lowest BCUT2D eigenvalue weighted by atomic mass is 9.77. The zero-order chi connectivity index (χ0) is 63.8. The maximum Gasteiger partial charge on any atom is 0.472 e. The van der Waals surface area contributed by atoms with Crippen LogP contribution in [0.5, 0.6) is 0 Å². The first kappa shape index (κ1) is 70.4. The zero-order valence-electron chi connectivity index (χ0n) is 47.1. The third-order valence-electron chi connectivity index (χ3n) is 14.8. The minimum absolute atomic E-state index is 0.0343. The van der Waals surface area contributed by atoms with Crippen LogP contribution in [0, 0.1) is 0 Å². The molecule has 0 radical (unpaired) electrons. The minimum atomic E-state index is -5.09. The Morgan fingerprint density at radius 3 is 2.08 bits per heavy atom. The van der Waals surface area contributed by atoms with E-state index in [1.807, 2.05) is 11.8 Å². The Kier molecular flexibility index (Phi) is 23.3. The third-order valence-corrected chi connectivity index (χ3v) is 19.6. The normalized spacial score (nSPS) is 22.0. The second kappa shape index (κ2) is 28.4. The van der Waals surface area contributed by atoms with Crippen LogP contribution in [0.4, 0.5) is 17.2 Å². The molecule has 0 aliphatic carbocycles. The highest BCUT2D eigenvalue weighted by Crippen LogP contribution is 2.52. The molecular weight excluding hydrogens is 1260 g/mol. The molecule has 11 N–H and O–H groups in total. The number of phosphoric ester groups is 2. The Bertz CT molecular complexity index is 3710. The van der Waals surface area contributed by atoms with Crippen LogP contribution in [-0.4, -0.2) is 160 Å². The number of aliphatic hydroxyl groups excluding tert-OH is 1. The molecule has 86 heavy (non-hydrogen) atoms. The summed E-state index contributed by atoms with van der Waals surface area (Å²) in [5.41, 5.74) is 5.80. The summed E-state index contributed by atoms with van der Waals surface area (Å²) in [4.78, 5) is 59.0. The Balaban J connectivity index is 1.07. The monoisotopic (exact) mass is 1330 g/mol. The number of benzene rings is 2. The highest BCUT2D eigenvalue weighted by Gasteiger charge is 2.50. The lowest BCUT2D eigenvalue weighted by Crippen LogP contribution is -2.37. The average molecular weight is 1330 g/mol. The Morgan fingerprint density at radius 1 is 0.814 bits per heavy atom. The van der Waals surface area contributed by atoms with Crippen LogP contribution >= 0.6 is 15.6 Å². The van der Waals surface area contributed by atoms with Gasteiger partial charge in [0.15, 0.2) is 11.9 Å². The van der Waals surface area contributed by atoms with Crippen LogP contribution < -0.4 is 21.6 Å². The number of amides is 1. The van der Waals surface area contributed by atoms with E-state index < -0.39 is 120 Å². The van der Waals surface area contributed by atoms with Crippen molar-refractivity contribution in [2.75, 3.05) is 55.0 Å². The number of nitrogens with one attached hydrogen (secondary N) is 1. The number of ether oxygens (including phenoxy) is 1. The third kappa shape index (κ3) is 19.2. The van der Waals surface area contributed by atoms with E-state index in [0.29, 0.717) is 85.5 Å². The highest BCUT2D eigenvalue weighted by atomic mass is 32.2. The largest absolute Gasteiger partial charge is 0.472 e. The molecule has 4 heterocycles. The number of rotatable bonds is 33. The van der Waals surface area contributed by atoms with Crippen LogP contribution in [0.15, 0.2) is 87.2 Å². The van der Waals surface area contributed by atoms with Crippen molar-refractivity contribution in [1.82, 2.24) is 14.9 Å². The number of unbranched alkanes of at least 4 members (excludes halogenated alkanes) is 6. The van der Waals surface area contributed by atoms with Crippen LogP contribution in [0.1, 0.15) is 115 Å². The molecule has 2 aromatic carbocycles. The number of nitrogen functional groups attached to an aromatic ring is 1. The molecule has 0 saturated carbocycles. The molecule has 6 rings (SSSR count). The van der Waals surface area contributed by atoms with Crippen molar-refractivity contribution in [3.63, 3.8) is 0 Å². The average Bonchev–Trinajstić information content (AvgIpc) is 1.61. The van der Waals surface area contributed by atoms with E-state index in [1.165, 1.54) is 36.4 Å². The summed E-state index contributed by atoms with van der Waals surface area (Å²) in [6.45, 7) is 4.91.